The lowest BCUT2D eigenvalue weighted by molar-refractivity contribution is -0.113. The molecule has 0 unspecified atom stereocenters. The van der Waals surface area contributed by atoms with Crippen molar-refractivity contribution in [1.82, 2.24) is 15.0 Å². The zero-order valence-electron chi connectivity index (χ0n) is 18.9. The van der Waals surface area contributed by atoms with Gasteiger partial charge in [0, 0.05) is 18.8 Å². The van der Waals surface area contributed by atoms with Crippen LogP contribution in [0.2, 0.25) is 0 Å². The van der Waals surface area contributed by atoms with Crippen molar-refractivity contribution < 1.29 is 4.79 Å². The van der Waals surface area contributed by atoms with E-state index in [0.717, 1.165) is 51.2 Å². The predicted octanol–water partition coefficient (Wildman–Crippen LogP) is 5.31. The lowest BCUT2D eigenvalue weighted by Gasteiger charge is -2.28. The van der Waals surface area contributed by atoms with Crippen molar-refractivity contribution in [2.24, 2.45) is 0 Å². The van der Waals surface area contributed by atoms with E-state index in [0.29, 0.717) is 5.65 Å². The number of hydrogen-bond donors (Lipinski definition) is 1. The first-order valence-corrected chi connectivity index (χ1v) is 12.7. The summed E-state index contributed by atoms with van der Waals surface area (Å²) < 4.78 is 0.937. The molecule has 33 heavy (non-hydrogen) atoms. The fourth-order valence-corrected chi connectivity index (χ4v) is 6.22. The minimum Gasteiger partial charge on any atom is -0.343 e. The van der Waals surface area contributed by atoms with Gasteiger partial charge in [-0.1, -0.05) is 65.1 Å². The first kappa shape index (κ1) is 21.9. The van der Waals surface area contributed by atoms with E-state index in [2.05, 4.69) is 63.5 Å². The molecule has 2 aromatic carbocycles. The van der Waals surface area contributed by atoms with Crippen molar-refractivity contribution in [1.29, 1.82) is 0 Å². The highest BCUT2D eigenvalue weighted by atomic mass is 32.2. The van der Waals surface area contributed by atoms with Crippen LogP contribution in [0.5, 0.6) is 0 Å². The number of thiazole rings is 1. The van der Waals surface area contributed by atoms with Crippen LogP contribution in [-0.4, -0.2) is 33.2 Å². The van der Waals surface area contributed by atoms with Crippen LogP contribution in [0, 0.1) is 20.8 Å². The summed E-state index contributed by atoms with van der Waals surface area (Å²) in [5.74, 6) is 0.239. The topological polar surface area (TPSA) is 71.0 Å². The smallest absolute Gasteiger partial charge is 0.234 e. The molecule has 4 aromatic rings. The average Bonchev–Trinajstić information content (AvgIpc) is 3.25. The van der Waals surface area contributed by atoms with Gasteiger partial charge in [-0.25, -0.2) is 9.97 Å². The average molecular weight is 476 g/mol. The van der Waals surface area contributed by atoms with Gasteiger partial charge in [-0.3, -0.25) is 4.79 Å². The van der Waals surface area contributed by atoms with Crippen LogP contribution in [0.4, 0.5) is 10.8 Å². The van der Waals surface area contributed by atoms with Crippen molar-refractivity contribution in [3.63, 3.8) is 0 Å². The highest BCUT2D eigenvalue weighted by Gasteiger charge is 2.21. The van der Waals surface area contributed by atoms with Crippen molar-refractivity contribution in [2.45, 2.75) is 38.8 Å². The van der Waals surface area contributed by atoms with E-state index in [1.165, 1.54) is 34.8 Å². The second-order valence-electron chi connectivity index (χ2n) is 8.38. The van der Waals surface area contributed by atoms with E-state index >= 15 is 0 Å². The maximum Gasteiger partial charge on any atom is 0.234 e. The molecule has 1 N–H and O–H groups in total. The minimum absolute atomic E-state index is 0.0424. The number of amides is 1. The molecule has 5 rings (SSSR count). The molecule has 1 aliphatic rings. The lowest BCUT2D eigenvalue weighted by atomic mass is 10.0. The molecule has 6 nitrogen and oxygen atoms in total. The fourth-order valence-electron chi connectivity index (χ4n) is 4.31. The highest BCUT2D eigenvalue weighted by Crippen LogP contribution is 2.35. The van der Waals surface area contributed by atoms with Crippen molar-refractivity contribution in [3.05, 3.63) is 70.5 Å². The van der Waals surface area contributed by atoms with Crippen LogP contribution in [0.25, 0.3) is 10.3 Å². The van der Waals surface area contributed by atoms with Crippen molar-refractivity contribution in [3.8, 4) is 0 Å². The molecule has 1 amide bonds. The second kappa shape index (κ2) is 9.11. The molecule has 8 heteroatoms. The second-order valence-corrected chi connectivity index (χ2v) is 10.3. The van der Waals surface area contributed by atoms with Crippen molar-refractivity contribution in [2.75, 3.05) is 22.5 Å². The Morgan fingerprint density at radius 1 is 1.12 bits per heavy atom. The number of thioether (sulfide) groups is 1. The predicted molar refractivity (Wildman–Crippen MR) is 136 cm³/mol. The molecular weight excluding hydrogens is 450 g/mol. The van der Waals surface area contributed by atoms with E-state index in [1.54, 1.807) is 11.3 Å². The molecule has 0 atom stereocenters. The molecule has 0 fully saturated rings. The van der Waals surface area contributed by atoms with Crippen molar-refractivity contribution >= 4 is 50.2 Å². The molecule has 0 saturated heterocycles. The zero-order chi connectivity index (χ0) is 22.9. The molecule has 1 aliphatic heterocycles. The number of benzene rings is 2. The van der Waals surface area contributed by atoms with Crippen LogP contribution in [0.1, 0.15) is 27.8 Å². The van der Waals surface area contributed by atoms with Gasteiger partial charge in [0.1, 0.15) is 16.1 Å². The van der Waals surface area contributed by atoms with E-state index in [4.69, 9.17) is 4.98 Å². The summed E-state index contributed by atoms with van der Waals surface area (Å²) in [5.41, 5.74) is 7.69. The van der Waals surface area contributed by atoms with Crippen LogP contribution in [0.3, 0.4) is 0 Å². The molecule has 0 spiro atoms. The zero-order valence-corrected chi connectivity index (χ0v) is 20.5. The van der Waals surface area contributed by atoms with Crippen LogP contribution in [0.15, 0.2) is 47.8 Å². The number of carbonyl (C=O) groups is 1. The Kier molecular flexibility index (Phi) is 6.03. The summed E-state index contributed by atoms with van der Waals surface area (Å²) in [6.45, 7) is 7.89. The molecule has 2 aromatic heterocycles. The largest absolute Gasteiger partial charge is 0.343 e. The van der Waals surface area contributed by atoms with Crippen LogP contribution in [-0.2, 0) is 17.8 Å². The number of anilines is 2. The number of nitrogens with zero attached hydrogens (tertiary/aromatic N) is 4. The maximum atomic E-state index is 12.7. The van der Waals surface area contributed by atoms with Crippen LogP contribution >= 0.6 is 23.1 Å². The Morgan fingerprint density at radius 3 is 2.67 bits per heavy atom. The number of aromatic nitrogens is 3. The standard InChI is InChI=1S/C25H25N5OS2/c1-15-10-16(2)21(17(3)11-15)28-20(31)13-32-24-22-23(26-14-27-24)29-25(33-22)30-9-8-18-6-4-5-7-19(18)12-30/h4-7,10-11,14H,8-9,12-13H2,1-3H3,(H,28,31). The van der Waals surface area contributed by atoms with Gasteiger partial charge in [0.2, 0.25) is 5.91 Å². The number of aryl methyl sites for hydroxylation is 3. The molecule has 0 radical (unpaired) electrons. The monoisotopic (exact) mass is 475 g/mol. The fraction of sp³-hybridized carbons (Fsp3) is 0.280. The number of hydrogen-bond acceptors (Lipinski definition) is 7. The SMILES string of the molecule is Cc1cc(C)c(NC(=O)CSc2ncnc3nc(N4CCc5ccccc5C4)sc23)c(C)c1. The van der Waals surface area contributed by atoms with Gasteiger partial charge in [0.15, 0.2) is 10.8 Å². The molecule has 3 heterocycles. The Hall–Kier alpha value is -2.97. The van der Waals surface area contributed by atoms with E-state index in [9.17, 15) is 4.79 Å². The Balaban J connectivity index is 1.31. The van der Waals surface area contributed by atoms with E-state index in [1.807, 2.05) is 13.8 Å². The normalized spacial score (nSPS) is 13.2. The minimum atomic E-state index is -0.0424. The molecule has 168 valence electrons. The number of nitrogens with one attached hydrogen (secondary N) is 1. The van der Waals surface area contributed by atoms with Gasteiger partial charge in [-0.05, 0) is 49.4 Å². The summed E-state index contributed by atoms with van der Waals surface area (Å²) in [6, 6.07) is 12.7. The molecule has 0 saturated carbocycles. The summed E-state index contributed by atoms with van der Waals surface area (Å²) in [4.78, 5) is 28.6. The number of rotatable bonds is 5. The third-order valence-corrected chi connectivity index (χ3v) is 8.06. The third-order valence-electron chi connectivity index (χ3n) is 5.83. The van der Waals surface area contributed by atoms with Gasteiger partial charge < -0.3 is 10.2 Å². The Labute approximate surface area is 201 Å². The van der Waals surface area contributed by atoms with Gasteiger partial charge in [0.05, 0.1) is 5.75 Å². The summed E-state index contributed by atoms with van der Waals surface area (Å²) in [7, 11) is 0. The number of carbonyl (C=O) groups excluding carboxylic acids is 1. The summed E-state index contributed by atoms with van der Waals surface area (Å²) >= 11 is 3.03. The molecule has 0 aliphatic carbocycles. The van der Waals surface area contributed by atoms with Crippen LogP contribution < -0.4 is 10.2 Å². The molecule has 0 bridgehead atoms. The quantitative estimate of drug-likeness (QED) is 0.312. The lowest BCUT2D eigenvalue weighted by Crippen LogP contribution is -2.30. The van der Waals surface area contributed by atoms with E-state index in [-0.39, 0.29) is 11.7 Å². The van der Waals surface area contributed by atoms with Gasteiger partial charge in [-0.2, -0.15) is 4.98 Å². The van der Waals surface area contributed by atoms with Gasteiger partial charge in [0.25, 0.3) is 0 Å². The first-order valence-electron chi connectivity index (χ1n) is 10.9. The summed E-state index contributed by atoms with van der Waals surface area (Å²) in [5, 5.41) is 4.82. The first-order chi connectivity index (χ1) is 16.0. The Morgan fingerprint density at radius 2 is 1.88 bits per heavy atom. The third kappa shape index (κ3) is 4.58. The van der Waals surface area contributed by atoms with E-state index < -0.39 is 0 Å². The van der Waals surface area contributed by atoms with Gasteiger partial charge in [-0.15, -0.1) is 0 Å². The maximum absolute atomic E-state index is 12.7. The van der Waals surface area contributed by atoms with Gasteiger partial charge >= 0.3 is 0 Å². The summed E-state index contributed by atoms with van der Waals surface area (Å²) in [6.07, 6.45) is 2.54. The highest BCUT2D eigenvalue weighted by molar-refractivity contribution is 8.00. The number of fused-ring (bicyclic) bond motifs is 2. The molecular formula is C25H25N5OS2. The Bertz CT molecular complexity index is 1330.